The summed E-state index contributed by atoms with van der Waals surface area (Å²) in [6.07, 6.45) is 0.725. The molecule has 1 aromatic rings. The molecule has 0 saturated carbocycles. The zero-order chi connectivity index (χ0) is 15.8. The first-order valence-electron chi connectivity index (χ1n) is 5.99. The summed E-state index contributed by atoms with van der Waals surface area (Å²) in [7, 11) is 1.30. The van der Waals surface area contributed by atoms with E-state index < -0.39 is 10.7 Å². The van der Waals surface area contributed by atoms with Gasteiger partial charge in [-0.3, -0.25) is 14.9 Å². The van der Waals surface area contributed by atoms with E-state index in [0.29, 0.717) is 13.0 Å². The number of nitrogens with one attached hydrogen (secondary N) is 2. The molecule has 0 aliphatic rings. The lowest BCUT2D eigenvalue weighted by Gasteiger charge is -2.10. The molecule has 0 spiro atoms. The second-order valence-corrected chi connectivity index (χ2v) is 4.39. The topological polar surface area (TPSA) is 93.5 Å². The van der Waals surface area contributed by atoms with E-state index in [1.54, 1.807) is 0 Å². The fourth-order valence-corrected chi connectivity index (χ4v) is 1.64. The van der Waals surface area contributed by atoms with Gasteiger partial charge in [-0.1, -0.05) is 0 Å². The zero-order valence-electron chi connectivity index (χ0n) is 11.2. The lowest BCUT2D eigenvalue weighted by Crippen LogP contribution is -2.30. The van der Waals surface area contributed by atoms with Gasteiger partial charge in [0, 0.05) is 25.1 Å². The average Bonchev–Trinajstić information content (AvgIpc) is 2.45. The van der Waals surface area contributed by atoms with Crippen LogP contribution in [0.2, 0.25) is 0 Å². The van der Waals surface area contributed by atoms with Gasteiger partial charge in [-0.2, -0.15) is 0 Å². The first-order valence-corrected chi connectivity index (χ1v) is 6.40. The van der Waals surface area contributed by atoms with E-state index in [2.05, 4.69) is 15.4 Å². The highest BCUT2D eigenvalue weighted by atomic mass is 32.1. The normalized spacial score (nSPS) is 9.81. The van der Waals surface area contributed by atoms with Gasteiger partial charge < -0.3 is 15.4 Å². The van der Waals surface area contributed by atoms with Crippen LogP contribution in [0.5, 0.6) is 0 Å². The Hall–Kier alpha value is -2.29. The summed E-state index contributed by atoms with van der Waals surface area (Å²) in [6, 6.07) is 3.10. The van der Waals surface area contributed by atoms with Gasteiger partial charge in [-0.05, 0) is 24.7 Å². The van der Waals surface area contributed by atoms with Crippen LogP contribution in [-0.2, 0) is 9.53 Å². The van der Waals surface area contributed by atoms with Crippen LogP contribution in [0.25, 0.3) is 0 Å². The van der Waals surface area contributed by atoms with Crippen LogP contribution in [0.1, 0.15) is 12.8 Å². The number of hydrogen-bond acceptors (Lipinski definition) is 5. The van der Waals surface area contributed by atoms with Crippen LogP contribution in [0.4, 0.5) is 15.8 Å². The molecule has 0 aliphatic heterocycles. The second-order valence-electron chi connectivity index (χ2n) is 3.98. The summed E-state index contributed by atoms with van der Waals surface area (Å²) < 4.78 is 18.0. The van der Waals surface area contributed by atoms with E-state index in [9.17, 15) is 19.3 Å². The van der Waals surface area contributed by atoms with Gasteiger partial charge in [0.15, 0.2) is 5.11 Å². The van der Waals surface area contributed by atoms with Crippen LogP contribution in [-0.4, -0.2) is 29.7 Å². The fourth-order valence-electron chi connectivity index (χ4n) is 1.43. The Kier molecular flexibility index (Phi) is 6.47. The zero-order valence-corrected chi connectivity index (χ0v) is 12.0. The number of nitro benzene ring substituents is 1. The van der Waals surface area contributed by atoms with Crippen LogP contribution in [0.3, 0.4) is 0 Å². The number of halogens is 1. The number of hydrogen-bond donors (Lipinski definition) is 2. The van der Waals surface area contributed by atoms with Gasteiger partial charge >= 0.3 is 5.97 Å². The van der Waals surface area contributed by atoms with Gasteiger partial charge in [0.25, 0.3) is 5.69 Å². The third kappa shape index (κ3) is 5.69. The smallest absolute Gasteiger partial charge is 0.305 e. The standard InChI is InChI=1S/C12H14FN3O4S/c1-20-11(17)3-2-6-14-12(21)15-10-7-8(16(18)19)4-5-9(10)13/h4-5,7H,2-3,6H2,1H3,(H2,14,15,21). The molecule has 1 aromatic carbocycles. The van der Waals surface area contributed by atoms with Crippen molar-refractivity contribution >= 4 is 34.7 Å². The Morgan fingerprint density at radius 1 is 1.52 bits per heavy atom. The number of nitro groups is 1. The number of carbonyl (C=O) groups excluding carboxylic acids is 1. The van der Waals surface area contributed by atoms with Crippen LogP contribution < -0.4 is 10.6 Å². The molecule has 7 nitrogen and oxygen atoms in total. The number of nitrogens with zero attached hydrogens (tertiary/aromatic N) is 1. The molecule has 2 N–H and O–H groups in total. The van der Waals surface area contributed by atoms with Crippen LogP contribution in [0.15, 0.2) is 18.2 Å². The Morgan fingerprint density at radius 2 is 2.24 bits per heavy atom. The van der Waals surface area contributed by atoms with E-state index in [0.717, 1.165) is 18.2 Å². The van der Waals surface area contributed by atoms with Crippen molar-refractivity contribution in [2.45, 2.75) is 12.8 Å². The van der Waals surface area contributed by atoms with Gasteiger partial charge in [-0.25, -0.2) is 4.39 Å². The molecule has 0 bridgehead atoms. The number of thiocarbonyl (C=S) groups is 1. The number of esters is 1. The minimum absolute atomic E-state index is 0.0883. The highest BCUT2D eigenvalue weighted by molar-refractivity contribution is 7.80. The number of non-ortho nitro benzene ring substituents is 1. The lowest BCUT2D eigenvalue weighted by atomic mass is 10.2. The number of carbonyl (C=O) groups is 1. The van der Waals surface area contributed by atoms with Crippen molar-refractivity contribution in [3.05, 3.63) is 34.1 Å². The molecule has 9 heteroatoms. The number of benzene rings is 1. The Bertz CT molecular complexity index is 553. The predicted octanol–water partition coefficient (Wildman–Crippen LogP) is 1.97. The Labute approximate surface area is 125 Å². The van der Waals surface area contributed by atoms with Gasteiger partial charge in [0.05, 0.1) is 17.7 Å². The highest BCUT2D eigenvalue weighted by Gasteiger charge is 2.11. The van der Waals surface area contributed by atoms with Gasteiger partial charge in [0.1, 0.15) is 5.82 Å². The van der Waals surface area contributed by atoms with Gasteiger partial charge in [0.2, 0.25) is 0 Å². The van der Waals surface area contributed by atoms with Crippen molar-refractivity contribution in [3.8, 4) is 0 Å². The molecule has 0 atom stereocenters. The molecule has 0 unspecified atom stereocenters. The predicted molar refractivity (Wildman–Crippen MR) is 78.5 cm³/mol. The molecule has 0 aromatic heterocycles. The quantitative estimate of drug-likeness (QED) is 0.272. The average molecular weight is 315 g/mol. The van der Waals surface area contributed by atoms with Crippen molar-refractivity contribution < 1.29 is 18.8 Å². The van der Waals surface area contributed by atoms with E-state index in [1.807, 2.05) is 0 Å². The minimum Gasteiger partial charge on any atom is -0.469 e. The second kappa shape index (κ2) is 8.10. The Balaban J connectivity index is 2.49. The van der Waals surface area contributed by atoms with Crippen molar-refractivity contribution in [3.63, 3.8) is 0 Å². The SMILES string of the molecule is COC(=O)CCCNC(=S)Nc1cc([N+](=O)[O-])ccc1F. The molecular weight excluding hydrogens is 301 g/mol. The molecule has 0 radical (unpaired) electrons. The summed E-state index contributed by atoms with van der Waals surface area (Å²) in [5.74, 6) is -0.986. The number of anilines is 1. The molecule has 0 aliphatic carbocycles. The monoisotopic (exact) mass is 315 g/mol. The molecule has 0 amide bonds. The van der Waals surface area contributed by atoms with Crippen molar-refractivity contribution in [2.75, 3.05) is 19.0 Å². The third-order valence-corrected chi connectivity index (χ3v) is 2.73. The maximum Gasteiger partial charge on any atom is 0.305 e. The maximum atomic E-state index is 13.5. The fraction of sp³-hybridized carbons (Fsp3) is 0.333. The summed E-state index contributed by atoms with van der Waals surface area (Å²) in [4.78, 5) is 20.9. The third-order valence-electron chi connectivity index (χ3n) is 2.48. The molecule has 0 saturated heterocycles. The van der Waals surface area contributed by atoms with Crippen molar-refractivity contribution in [1.29, 1.82) is 0 Å². The van der Waals surface area contributed by atoms with E-state index in [1.165, 1.54) is 7.11 Å². The summed E-state index contributed by atoms with van der Waals surface area (Å²) in [5, 5.41) is 16.0. The summed E-state index contributed by atoms with van der Waals surface area (Å²) in [5.41, 5.74) is -0.331. The lowest BCUT2D eigenvalue weighted by molar-refractivity contribution is -0.384. The minimum atomic E-state index is -0.653. The molecule has 21 heavy (non-hydrogen) atoms. The van der Waals surface area contributed by atoms with E-state index in [4.69, 9.17) is 12.2 Å². The summed E-state index contributed by atoms with van der Waals surface area (Å²) >= 11 is 4.94. The maximum absolute atomic E-state index is 13.5. The number of ether oxygens (including phenoxy) is 1. The first-order chi connectivity index (χ1) is 9.93. The van der Waals surface area contributed by atoms with Crippen LogP contribution in [0, 0.1) is 15.9 Å². The Morgan fingerprint density at radius 3 is 2.86 bits per heavy atom. The molecule has 0 heterocycles. The van der Waals surface area contributed by atoms with Crippen molar-refractivity contribution in [2.24, 2.45) is 0 Å². The highest BCUT2D eigenvalue weighted by Crippen LogP contribution is 2.20. The molecule has 114 valence electrons. The first kappa shape index (κ1) is 16.8. The van der Waals surface area contributed by atoms with E-state index in [-0.39, 0.29) is 28.9 Å². The van der Waals surface area contributed by atoms with Crippen LogP contribution >= 0.6 is 12.2 Å². The van der Waals surface area contributed by atoms with E-state index >= 15 is 0 Å². The molecule has 0 fully saturated rings. The molecular formula is C12H14FN3O4S. The van der Waals surface area contributed by atoms with Crippen molar-refractivity contribution in [1.82, 2.24) is 5.32 Å². The van der Waals surface area contributed by atoms with Gasteiger partial charge in [-0.15, -0.1) is 0 Å². The summed E-state index contributed by atoms with van der Waals surface area (Å²) in [6.45, 7) is 0.386. The molecule has 1 rings (SSSR count). The largest absolute Gasteiger partial charge is 0.469 e. The number of methoxy groups -OCH3 is 1. The number of rotatable bonds is 6.